The Balaban J connectivity index is 1.82. The molecule has 19 heavy (non-hydrogen) atoms. The molecule has 1 saturated carbocycles. The van der Waals surface area contributed by atoms with Crippen LogP contribution in [0.3, 0.4) is 0 Å². The van der Waals surface area contributed by atoms with Gasteiger partial charge in [-0.1, -0.05) is 0 Å². The van der Waals surface area contributed by atoms with Crippen molar-refractivity contribution in [2.24, 2.45) is 5.92 Å². The van der Waals surface area contributed by atoms with E-state index in [1.54, 1.807) is 23.2 Å². The molecule has 3 rings (SSSR count). The highest BCUT2D eigenvalue weighted by atomic mass is 32.1. The topological polar surface area (TPSA) is 49.4 Å². The van der Waals surface area contributed by atoms with Gasteiger partial charge in [0.25, 0.3) is 0 Å². The maximum absolute atomic E-state index is 12.5. The van der Waals surface area contributed by atoms with Crippen LogP contribution in [0, 0.1) is 12.8 Å². The zero-order chi connectivity index (χ0) is 13.6. The van der Waals surface area contributed by atoms with Gasteiger partial charge in [-0.15, -0.1) is 0 Å². The second-order valence-corrected chi connectivity index (χ2v) is 6.29. The summed E-state index contributed by atoms with van der Waals surface area (Å²) in [5.41, 5.74) is 2.34. The monoisotopic (exact) mass is 278 g/mol. The number of amides is 2. The van der Waals surface area contributed by atoms with Gasteiger partial charge in [0.2, 0.25) is 11.8 Å². The summed E-state index contributed by atoms with van der Waals surface area (Å²) in [6, 6.07) is -0.663. The maximum Gasteiger partial charge on any atom is 0.246 e. The van der Waals surface area contributed by atoms with E-state index in [1.165, 1.54) is 5.56 Å². The zero-order valence-corrected chi connectivity index (χ0v) is 12.0. The minimum atomic E-state index is -0.373. The molecule has 5 heteroatoms. The normalized spacial score (nSPS) is 27.6. The van der Waals surface area contributed by atoms with Crippen LogP contribution in [-0.2, 0) is 16.1 Å². The average molecular weight is 278 g/mol. The van der Waals surface area contributed by atoms with Crippen LogP contribution in [0.4, 0.5) is 0 Å². The van der Waals surface area contributed by atoms with Crippen molar-refractivity contribution >= 4 is 23.2 Å². The van der Waals surface area contributed by atoms with E-state index >= 15 is 0 Å². The first-order valence-electron chi connectivity index (χ1n) is 6.70. The molecule has 1 aliphatic carbocycles. The van der Waals surface area contributed by atoms with E-state index in [0.29, 0.717) is 12.5 Å². The van der Waals surface area contributed by atoms with Gasteiger partial charge in [0.1, 0.15) is 12.1 Å². The third-order valence-electron chi connectivity index (χ3n) is 4.09. The lowest BCUT2D eigenvalue weighted by molar-refractivity contribution is -0.149. The molecule has 4 nitrogen and oxygen atoms in total. The van der Waals surface area contributed by atoms with Crippen molar-refractivity contribution in [2.75, 3.05) is 0 Å². The third-order valence-corrected chi connectivity index (χ3v) is 5.00. The largest absolute Gasteiger partial charge is 0.342 e. The number of nitrogens with one attached hydrogen (secondary N) is 1. The molecule has 1 saturated heterocycles. The summed E-state index contributed by atoms with van der Waals surface area (Å²) < 4.78 is 0. The molecule has 2 amide bonds. The van der Waals surface area contributed by atoms with E-state index in [-0.39, 0.29) is 23.9 Å². The number of carbonyl (C=O) groups is 2. The molecule has 2 aliphatic rings. The van der Waals surface area contributed by atoms with Crippen molar-refractivity contribution in [2.45, 2.75) is 45.3 Å². The molecule has 2 heterocycles. The van der Waals surface area contributed by atoms with Crippen molar-refractivity contribution in [3.8, 4) is 0 Å². The Bertz CT molecular complexity index is 521. The predicted molar refractivity (Wildman–Crippen MR) is 73.7 cm³/mol. The van der Waals surface area contributed by atoms with E-state index in [0.717, 1.165) is 18.4 Å². The Morgan fingerprint density at radius 1 is 1.37 bits per heavy atom. The summed E-state index contributed by atoms with van der Waals surface area (Å²) in [6.07, 6.45) is 2.10. The first kappa shape index (κ1) is 12.7. The number of thiophene rings is 1. The zero-order valence-electron chi connectivity index (χ0n) is 11.2. The standard InChI is InChI=1S/C14H18N2O2S/c1-8-6-19-7-11(8)5-16-9(2)13(17)15-12(14(16)18)10-3-4-10/h6-7,9-10,12H,3-5H2,1-2H3,(H,15,17). The van der Waals surface area contributed by atoms with Crippen LogP contribution >= 0.6 is 11.3 Å². The molecule has 0 bridgehead atoms. The van der Waals surface area contributed by atoms with Gasteiger partial charge in [-0.05, 0) is 54.5 Å². The van der Waals surface area contributed by atoms with E-state index in [1.807, 2.05) is 6.92 Å². The van der Waals surface area contributed by atoms with E-state index in [4.69, 9.17) is 0 Å². The van der Waals surface area contributed by atoms with Crippen LogP contribution in [0.15, 0.2) is 10.8 Å². The maximum atomic E-state index is 12.5. The second-order valence-electron chi connectivity index (χ2n) is 5.55. The number of rotatable bonds is 3. The molecule has 102 valence electrons. The van der Waals surface area contributed by atoms with Gasteiger partial charge in [0, 0.05) is 6.54 Å². The molecule has 1 aliphatic heterocycles. The van der Waals surface area contributed by atoms with Crippen LogP contribution in [0.5, 0.6) is 0 Å². The summed E-state index contributed by atoms with van der Waals surface area (Å²) in [6.45, 7) is 4.40. The van der Waals surface area contributed by atoms with E-state index < -0.39 is 0 Å². The van der Waals surface area contributed by atoms with Gasteiger partial charge in [0.05, 0.1) is 0 Å². The number of hydrogen-bond donors (Lipinski definition) is 1. The molecule has 2 atom stereocenters. The number of aryl methyl sites for hydroxylation is 1. The highest BCUT2D eigenvalue weighted by Crippen LogP contribution is 2.35. The van der Waals surface area contributed by atoms with Crippen molar-refractivity contribution in [1.82, 2.24) is 10.2 Å². The first-order chi connectivity index (χ1) is 9.08. The predicted octanol–water partition coefficient (Wildman–Crippen LogP) is 1.68. The number of hydrogen-bond acceptors (Lipinski definition) is 3. The smallest absolute Gasteiger partial charge is 0.246 e. The van der Waals surface area contributed by atoms with Crippen LogP contribution in [0.2, 0.25) is 0 Å². The summed E-state index contributed by atoms with van der Waals surface area (Å²) in [4.78, 5) is 26.3. The Hall–Kier alpha value is -1.36. The molecule has 1 aromatic heterocycles. The SMILES string of the molecule is Cc1cscc1CN1C(=O)C(C2CC2)NC(=O)C1C. The van der Waals surface area contributed by atoms with Crippen molar-refractivity contribution in [3.05, 3.63) is 21.9 Å². The van der Waals surface area contributed by atoms with Gasteiger partial charge in [-0.2, -0.15) is 11.3 Å². The van der Waals surface area contributed by atoms with Crippen LogP contribution in [-0.4, -0.2) is 28.8 Å². The number of carbonyl (C=O) groups excluding carboxylic acids is 2. The van der Waals surface area contributed by atoms with Gasteiger partial charge >= 0.3 is 0 Å². The highest BCUT2D eigenvalue weighted by Gasteiger charge is 2.45. The van der Waals surface area contributed by atoms with Crippen molar-refractivity contribution in [3.63, 3.8) is 0 Å². The van der Waals surface area contributed by atoms with E-state index in [2.05, 4.69) is 16.1 Å². The number of nitrogens with zero attached hydrogens (tertiary/aromatic N) is 1. The fraction of sp³-hybridized carbons (Fsp3) is 0.571. The van der Waals surface area contributed by atoms with Gasteiger partial charge < -0.3 is 10.2 Å². The minimum Gasteiger partial charge on any atom is -0.342 e. The van der Waals surface area contributed by atoms with Crippen LogP contribution in [0.25, 0.3) is 0 Å². The van der Waals surface area contributed by atoms with Gasteiger partial charge in [-0.3, -0.25) is 9.59 Å². The molecule has 2 fully saturated rings. The third kappa shape index (κ3) is 2.27. The van der Waals surface area contributed by atoms with Gasteiger partial charge in [-0.25, -0.2) is 0 Å². The van der Waals surface area contributed by atoms with Crippen molar-refractivity contribution in [1.29, 1.82) is 0 Å². The molecule has 0 spiro atoms. The quantitative estimate of drug-likeness (QED) is 0.914. The lowest BCUT2D eigenvalue weighted by Crippen LogP contribution is -2.62. The Labute approximate surface area is 116 Å². The lowest BCUT2D eigenvalue weighted by atomic mass is 10.0. The molecule has 0 radical (unpaired) electrons. The summed E-state index contributed by atoms with van der Waals surface area (Å²) in [5.74, 6) is 0.416. The Kier molecular flexibility index (Phi) is 3.09. The second kappa shape index (κ2) is 4.63. The average Bonchev–Trinajstić information content (AvgIpc) is 3.14. The van der Waals surface area contributed by atoms with Gasteiger partial charge in [0.15, 0.2) is 0 Å². The summed E-state index contributed by atoms with van der Waals surface area (Å²) in [7, 11) is 0. The minimum absolute atomic E-state index is 0.0237. The van der Waals surface area contributed by atoms with Crippen molar-refractivity contribution < 1.29 is 9.59 Å². The fourth-order valence-corrected chi connectivity index (χ4v) is 3.39. The van der Waals surface area contributed by atoms with Crippen LogP contribution in [0.1, 0.15) is 30.9 Å². The fourth-order valence-electron chi connectivity index (χ4n) is 2.54. The molecule has 1 N–H and O–H groups in total. The molecular formula is C14H18N2O2S. The lowest BCUT2D eigenvalue weighted by Gasteiger charge is -2.37. The summed E-state index contributed by atoms with van der Waals surface area (Å²) in [5, 5.41) is 7.01. The molecule has 2 unspecified atom stereocenters. The van der Waals surface area contributed by atoms with Crippen LogP contribution < -0.4 is 5.32 Å². The first-order valence-corrected chi connectivity index (χ1v) is 7.64. The molecule has 1 aromatic rings. The Morgan fingerprint density at radius 3 is 2.68 bits per heavy atom. The Morgan fingerprint density at radius 2 is 2.11 bits per heavy atom. The van der Waals surface area contributed by atoms with E-state index in [9.17, 15) is 9.59 Å². The summed E-state index contributed by atoms with van der Waals surface area (Å²) >= 11 is 1.64. The highest BCUT2D eigenvalue weighted by molar-refractivity contribution is 7.08. The molecule has 0 aromatic carbocycles. The molecular weight excluding hydrogens is 260 g/mol. The number of piperazine rings is 1.